The predicted octanol–water partition coefficient (Wildman–Crippen LogP) is 4.69. The standard InChI is InChI=1S/C29H25N3O5/c1-18-10-9-13-20(16-18)37-23-15-8-7-14-22(23)32-26(29(34)36-3)25(28(33)35-2)24(21(17-30)27(32)31)19-11-5-4-6-12-19/h4-16,24H,31H2,1-3H3. The number of methoxy groups -OCH3 is 2. The van der Waals surface area contributed by atoms with Crippen LogP contribution >= 0.6 is 0 Å². The number of nitrogens with two attached hydrogens (primary N) is 1. The Labute approximate surface area is 214 Å². The maximum atomic E-state index is 13.3. The van der Waals surface area contributed by atoms with E-state index in [0.717, 1.165) is 5.56 Å². The topological polar surface area (TPSA) is 115 Å². The number of benzene rings is 3. The van der Waals surface area contributed by atoms with Crippen molar-refractivity contribution in [2.24, 2.45) is 5.73 Å². The molecule has 37 heavy (non-hydrogen) atoms. The Bertz CT molecular complexity index is 1450. The molecule has 0 aliphatic carbocycles. The molecule has 0 saturated heterocycles. The van der Waals surface area contributed by atoms with Crippen LogP contribution in [0.3, 0.4) is 0 Å². The molecule has 1 aliphatic heterocycles. The molecule has 4 rings (SSSR count). The number of ether oxygens (including phenoxy) is 3. The molecule has 0 radical (unpaired) electrons. The molecule has 3 aromatic rings. The Morgan fingerprint density at radius 2 is 1.59 bits per heavy atom. The highest BCUT2D eigenvalue weighted by Crippen LogP contribution is 2.45. The van der Waals surface area contributed by atoms with Crippen LogP contribution in [0.2, 0.25) is 0 Å². The van der Waals surface area contributed by atoms with Gasteiger partial charge in [-0.25, -0.2) is 9.59 Å². The van der Waals surface area contributed by atoms with Crippen LogP contribution in [-0.4, -0.2) is 26.2 Å². The minimum Gasteiger partial charge on any atom is -0.466 e. The van der Waals surface area contributed by atoms with Crippen LogP contribution in [0.15, 0.2) is 102 Å². The van der Waals surface area contributed by atoms with Crippen LogP contribution in [0.4, 0.5) is 5.69 Å². The molecule has 1 unspecified atom stereocenters. The average Bonchev–Trinajstić information content (AvgIpc) is 2.92. The molecule has 1 aliphatic rings. The summed E-state index contributed by atoms with van der Waals surface area (Å²) in [5.41, 5.74) is 8.35. The Morgan fingerprint density at radius 1 is 0.919 bits per heavy atom. The number of hydrogen-bond donors (Lipinski definition) is 1. The molecule has 1 heterocycles. The fourth-order valence-corrected chi connectivity index (χ4v) is 4.30. The maximum Gasteiger partial charge on any atom is 0.355 e. The average molecular weight is 496 g/mol. The summed E-state index contributed by atoms with van der Waals surface area (Å²) in [5, 5.41) is 10.2. The molecular formula is C29H25N3O5. The summed E-state index contributed by atoms with van der Waals surface area (Å²) in [5.74, 6) is -1.70. The van der Waals surface area contributed by atoms with Crippen molar-refractivity contribution in [3.63, 3.8) is 0 Å². The van der Waals surface area contributed by atoms with Crippen molar-refractivity contribution in [3.05, 3.63) is 113 Å². The van der Waals surface area contributed by atoms with Gasteiger partial charge in [0.2, 0.25) is 0 Å². The molecule has 186 valence electrons. The van der Waals surface area contributed by atoms with Gasteiger partial charge in [-0.2, -0.15) is 5.26 Å². The Kier molecular flexibility index (Phi) is 7.26. The van der Waals surface area contributed by atoms with E-state index in [4.69, 9.17) is 19.9 Å². The van der Waals surface area contributed by atoms with Gasteiger partial charge in [0.15, 0.2) is 5.75 Å². The summed E-state index contributed by atoms with van der Waals surface area (Å²) in [6, 6.07) is 25.3. The molecule has 0 spiro atoms. The van der Waals surface area contributed by atoms with E-state index in [2.05, 4.69) is 6.07 Å². The zero-order valence-electron chi connectivity index (χ0n) is 20.6. The summed E-state index contributed by atoms with van der Waals surface area (Å²) >= 11 is 0. The highest BCUT2D eigenvalue weighted by molar-refractivity contribution is 6.06. The van der Waals surface area contributed by atoms with Crippen LogP contribution in [0.5, 0.6) is 11.5 Å². The van der Waals surface area contributed by atoms with Gasteiger partial charge in [0.1, 0.15) is 17.3 Å². The summed E-state index contributed by atoms with van der Waals surface area (Å²) < 4.78 is 16.3. The number of para-hydroxylation sites is 2. The highest BCUT2D eigenvalue weighted by atomic mass is 16.5. The van der Waals surface area contributed by atoms with Crippen LogP contribution < -0.4 is 15.4 Å². The molecule has 8 heteroatoms. The number of hydrogen-bond acceptors (Lipinski definition) is 8. The zero-order valence-corrected chi connectivity index (χ0v) is 20.6. The number of carbonyl (C=O) groups excluding carboxylic acids is 2. The number of aryl methyl sites for hydroxylation is 1. The van der Waals surface area contributed by atoms with Crippen molar-refractivity contribution in [1.82, 2.24) is 0 Å². The number of nitrogens with zero attached hydrogens (tertiary/aromatic N) is 2. The maximum absolute atomic E-state index is 13.3. The van der Waals surface area contributed by atoms with Gasteiger partial charge in [-0.15, -0.1) is 0 Å². The third kappa shape index (κ3) is 4.75. The summed E-state index contributed by atoms with van der Waals surface area (Å²) in [4.78, 5) is 27.8. The second kappa shape index (κ2) is 10.7. The minimum absolute atomic E-state index is 0.0373. The molecule has 0 aromatic heterocycles. The van der Waals surface area contributed by atoms with E-state index < -0.39 is 17.9 Å². The lowest BCUT2D eigenvalue weighted by Crippen LogP contribution is -2.40. The van der Waals surface area contributed by atoms with Gasteiger partial charge in [-0.05, 0) is 42.3 Å². The van der Waals surface area contributed by atoms with E-state index in [1.54, 1.807) is 60.7 Å². The number of allylic oxidation sites excluding steroid dienone is 1. The van der Waals surface area contributed by atoms with Gasteiger partial charge < -0.3 is 19.9 Å². The highest BCUT2D eigenvalue weighted by Gasteiger charge is 2.43. The molecule has 8 nitrogen and oxygen atoms in total. The van der Waals surface area contributed by atoms with Crippen molar-refractivity contribution >= 4 is 17.6 Å². The van der Waals surface area contributed by atoms with E-state index in [1.165, 1.54) is 19.1 Å². The first-order valence-electron chi connectivity index (χ1n) is 11.4. The molecular weight excluding hydrogens is 470 g/mol. The summed E-state index contributed by atoms with van der Waals surface area (Å²) in [6.45, 7) is 1.94. The smallest absolute Gasteiger partial charge is 0.355 e. The first-order valence-corrected chi connectivity index (χ1v) is 11.4. The van der Waals surface area contributed by atoms with Crippen molar-refractivity contribution in [2.45, 2.75) is 12.8 Å². The van der Waals surface area contributed by atoms with Crippen LogP contribution in [0.25, 0.3) is 0 Å². The second-order valence-electron chi connectivity index (χ2n) is 8.22. The summed E-state index contributed by atoms with van der Waals surface area (Å²) in [6.07, 6.45) is 0. The molecule has 0 fully saturated rings. The van der Waals surface area contributed by atoms with E-state index in [0.29, 0.717) is 22.7 Å². The lowest BCUT2D eigenvalue weighted by molar-refractivity contribution is -0.139. The normalized spacial score (nSPS) is 15.2. The number of anilines is 1. The van der Waals surface area contributed by atoms with Gasteiger partial charge in [0.05, 0.1) is 43.0 Å². The van der Waals surface area contributed by atoms with Gasteiger partial charge in [0.25, 0.3) is 0 Å². The molecule has 1 atom stereocenters. The summed E-state index contributed by atoms with van der Waals surface area (Å²) in [7, 11) is 2.41. The lowest BCUT2D eigenvalue weighted by Gasteiger charge is -2.36. The van der Waals surface area contributed by atoms with E-state index in [1.807, 2.05) is 25.1 Å². The molecule has 0 saturated carbocycles. The largest absolute Gasteiger partial charge is 0.466 e. The van der Waals surface area contributed by atoms with Gasteiger partial charge >= 0.3 is 11.9 Å². The van der Waals surface area contributed by atoms with E-state index in [-0.39, 0.29) is 22.7 Å². The van der Waals surface area contributed by atoms with E-state index in [9.17, 15) is 14.9 Å². The Hall–Kier alpha value is -5.03. The lowest BCUT2D eigenvalue weighted by atomic mass is 9.81. The first-order chi connectivity index (χ1) is 17.9. The van der Waals surface area contributed by atoms with Crippen LogP contribution in [0, 0.1) is 18.3 Å². The number of nitriles is 1. The number of esters is 2. The van der Waals surface area contributed by atoms with Crippen LogP contribution in [0.1, 0.15) is 17.0 Å². The van der Waals surface area contributed by atoms with Gasteiger partial charge in [0, 0.05) is 0 Å². The monoisotopic (exact) mass is 495 g/mol. The number of rotatable bonds is 6. The van der Waals surface area contributed by atoms with Crippen molar-refractivity contribution in [1.29, 1.82) is 5.26 Å². The minimum atomic E-state index is -0.950. The zero-order chi connectivity index (χ0) is 26.5. The fourth-order valence-electron chi connectivity index (χ4n) is 4.30. The van der Waals surface area contributed by atoms with Gasteiger partial charge in [-0.3, -0.25) is 4.90 Å². The van der Waals surface area contributed by atoms with Crippen LogP contribution in [-0.2, 0) is 19.1 Å². The third-order valence-electron chi connectivity index (χ3n) is 5.93. The quantitative estimate of drug-likeness (QED) is 0.490. The first kappa shape index (κ1) is 25.1. The molecule has 3 aromatic carbocycles. The fraction of sp³-hybridized carbons (Fsp3) is 0.138. The third-order valence-corrected chi connectivity index (χ3v) is 5.93. The predicted molar refractivity (Wildman–Crippen MR) is 137 cm³/mol. The van der Waals surface area contributed by atoms with Crippen molar-refractivity contribution in [2.75, 3.05) is 19.1 Å². The van der Waals surface area contributed by atoms with Crippen molar-refractivity contribution in [3.8, 4) is 17.6 Å². The Balaban J connectivity index is 2.01. The van der Waals surface area contributed by atoms with Crippen molar-refractivity contribution < 1.29 is 23.8 Å². The molecule has 2 N–H and O–H groups in total. The number of carbonyl (C=O) groups is 2. The van der Waals surface area contributed by atoms with Gasteiger partial charge in [-0.1, -0.05) is 54.6 Å². The molecule has 0 bridgehead atoms. The second-order valence-corrected chi connectivity index (χ2v) is 8.22. The SMILES string of the molecule is COC(=O)C1=C(C(=O)OC)N(c2ccccc2Oc2cccc(C)c2)C(N)=C(C#N)C1c1ccccc1. The molecule has 0 amide bonds. The Morgan fingerprint density at radius 3 is 2.24 bits per heavy atom. The van der Waals surface area contributed by atoms with E-state index >= 15 is 0 Å².